The van der Waals surface area contributed by atoms with Gasteiger partial charge < -0.3 is 4.74 Å². The zero-order valence-electron chi connectivity index (χ0n) is 7.52. The molecule has 0 aromatic carbocycles. The van der Waals surface area contributed by atoms with Crippen LogP contribution < -0.4 is 0 Å². The van der Waals surface area contributed by atoms with E-state index in [2.05, 4.69) is 4.74 Å². The first-order valence-electron chi connectivity index (χ1n) is 3.56. The van der Waals surface area contributed by atoms with Gasteiger partial charge in [-0.05, 0) is 6.42 Å². The van der Waals surface area contributed by atoms with E-state index < -0.39 is 10.1 Å². The molecule has 5 nitrogen and oxygen atoms in total. The van der Waals surface area contributed by atoms with Gasteiger partial charge in [0.1, 0.15) is 0 Å². The van der Waals surface area contributed by atoms with Gasteiger partial charge in [0.2, 0.25) is 0 Å². The van der Waals surface area contributed by atoms with Gasteiger partial charge in [0, 0.05) is 29.5 Å². The lowest BCUT2D eigenvalue weighted by molar-refractivity contribution is -0.143. The van der Waals surface area contributed by atoms with E-state index in [1.54, 1.807) is 6.92 Å². The lowest BCUT2D eigenvalue weighted by Gasteiger charge is -2.00. The van der Waals surface area contributed by atoms with Crippen molar-refractivity contribution in [2.75, 3.05) is 12.4 Å². The van der Waals surface area contributed by atoms with Crippen LogP contribution >= 0.6 is 0 Å². The summed E-state index contributed by atoms with van der Waals surface area (Å²) >= 11 is 0. The molecule has 0 saturated heterocycles. The monoisotopic (exact) mass is 220 g/mol. The highest BCUT2D eigenvalue weighted by molar-refractivity contribution is 7.85. The predicted molar refractivity (Wildman–Crippen MR) is 48.0 cm³/mol. The van der Waals surface area contributed by atoms with Crippen LogP contribution in [0.5, 0.6) is 0 Å². The number of rotatable bonds is 5. The third kappa shape index (κ3) is 12.1. The van der Waals surface area contributed by atoms with Gasteiger partial charge in [0.15, 0.2) is 0 Å². The van der Waals surface area contributed by atoms with Gasteiger partial charge in [-0.25, -0.2) is 0 Å². The fraction of sp³-hybridized carbons (Fsp3) is 0.833. The van der Waals surface area contributed by atoms with E-state index in [0.29, 0.717) is 0 Å². The Hall–Kier alpha value is 0.146. The van der Waals surface area contributed by atoms with E-state index in [9.17, 15) is 13.2 Å². The minimum absolute atomic E-state index is 0. The Labute approximate surface area is 93.7 Å². The lowest BCUT2D eigenvalue weighted by Crippen LogP contribution is -2.09. The number of hydrogen-bond acceptors (Lipinski definition) is 4. The minimum atomic E-state index is -3.92. The number of carbonyl (C=O) groups is 1. The van der Waals surface area contributed by atoms with Gasteiger partial charge in [-0.2, -0.15) is 8.42 Å². The molecule has 0 aliphatic rings. The summed E-state index contributed by atoms with van der Waals surface area (Å²) in [5.41, 5.74) is 0. The molecule has 0 fully saturated rings. The summed E-state index contributed by atoms with van der Waals surface area (Å²) in [4.78, 5) is 10.5. The molecule has 0 aromatic heterocycles. The number of carbonyl (C=O) groups excluding carboxylic acids is 1. The summed E-state index contributed by atoms with van der Waals surface area (Å²) in [6.07, 6.45) is 0.399. The Morgan fingerprint density at radius 2 is 2.00 bits per heavy atom. The third-order valence-electron chi connectivity index (χ3n) is 1.10. The summed E-state index contributed by atoms with van der Waals surface area (Å²) in [7, 11) is -3.92. The molecule has 74 valence electrons. The van der Waals surface area contributed by atoms with Gasteiger partial charge in [0.25, 0.3) is 10.1 Å². The molecule has 0 heterocycles. The van der Waals surface area contributed by atoms with Crippen molar-refractivity contribution in [2.24, 2.45) is 0 Å². The van der Waals surface area contributed by atoms with Crippen molar-refractivity contribution in [1.29, 1.82) is 0 Å². The zero-order valence-corrected chi connectivity index (χ0v) is 9.75. The maximum Gasteiger partial charge on any atom is 0.305 e. The number of hydrogen-bond donors (Lipinski definition) is 1. The first kappa shape index (κ1) is 15.6. The van der Waals surface area contributed by atoms with Crippen LogP contribution in [0.3, 0.4) is 0 Å². The SMILES string of the molecule is CCC(=O)OCCCS(=O)(=O)O.[Mg]. The third-order valence-corrected chi connectivity index (χ3v) is 1.90. The van der Waals surface area contributed by atoms with Crippen molar-refractivity contribution < 1.29 is 22.5 Å². The van der Waals surface area contributed by atoms with Crippen molar-refractivity contribution in [2.45, 2.75) is 19.8 Å². The first-order chi connectivity index (χ1) is 5.45. The molecule has 0 spiro atoms. The highest BCUT2D eigenvalue weighted by Gasteiger charge is 2.04. The van der Waals surface area contributed by atoms with Crippen LogP contribution in [0.4, 0.5) is 0 Å². The van der Waals surface area contributed by atoms with E-state index >= 15 is 0 Å². The molecule has 0 bridgehead atoms. The Morgan fingerprint density at radius 3 is 2.38 bits per heavy atom. The van der Waals surface area contributed by atoms with Crippen LogP contribution in [0, 0.1) is 0 Å². The standard InChI is InChI=1S/C6H12O5S.Mg/c1-2-6(7)11-4-3-5-12(8,9)10;/h2-5H2,1H3,(H,8,9,10);. The van der Waals surface area contributed by atoms with Gasteiger partial charge in [0.05, 0.1) is 12.4 Å². The maximum atomic E-state index is 10.5. The van der Waals surface area contributed by atoms with Crippen LogP contribution in [0.2, 0.25) is 0 Å². The molecular weight excluding hydrogens is 208 g/mol. The summed E-state index contributed by atoms with van der Waals surface area (Å²) in [5.74, 6) is -0.741. The molecule has 2 radical (unpaired) electrons. The van der Waals surface area contributed by atoms with Gasteiger partial charge in [-0.3, -0.25) is 9.35 Å². The smallest absolute Gasteiger partial charge is 0.305 e. The number of ether oxygens (including phenoxy) is 1. The highest BCUT2D eigenvalue weighted by Crippen LogP contribution is 1.91. The quantitative estimate of drug-likeness (QED) is 0.301. The molecule has 0 atom stereocenters. The Balaban J connectivity index is 0. The number of esters is 1. The summed E-state index contributed by atoms with van der Waals surface area (Å²) < 4.78 is 33.2. The second-order valence-electron chi connectivity index (χ2n) is 2.21. The first-order valence-corrected chi connectivity index (χ1v) is 5.17. The van der Waals surface area contributed by atoms with Crippen molar-refractivity contribution in [3.63, 3.8) is 0 Å². The van der Waals surface area contributed by atoms with Crippen LogP contribution in [-0.4, -0.2) is 54.4 Å². The molecule has 0 rings (SSSR count). The van der Waals surface area contributed by atoms with Crippen molar-refractivity contribution in [1.82, 2.24) is 0 Å². The predicted octanol–water partition coefficient (Wildman–Crippen LogP) is -0.163. The summed E-state index contributed by atoms with van der Waals surface area (Å²) in [5, 5.41) is 0. The molecule has 0 unspecified atom stereocenters. The molecule has 13 heavy (non-hydrogen) atoms. The normalized spacial score (nSPS) is 10.3. The second kappa shape index (κ2) is 7.54. The largest absolute Gasteiger partial charge is 0.466 e. The summed E-state index contributed by atoms with van der Waals surface area (Å²) in [6.45, 7) is 1.68. The van der Waals surface area contributed by atoms with Crippen molar-refractivity contribution in [3.05, 3.63) is 0 Å². The highest BCUT2D eigenvalue weighted by atomic mass is 32.2. The molecular formula is C6H12MgO5S. The maximum absolute atomic E-state index is 10.5. The Morgan fingerprint density at radius 1 is 1.46 bits per heavy atom. The molecule has 0 saturated carbocycles. The van der Waals surface area contributed by atoms with Crippen LogP contribution in [-0.2, 0) is 19.6 Å². The Kier molecular flexibility index (Phi) is 9.06. The van der Waals surface area contributed by atoms with Gasteiger partial charge in [-0.1, -0.05) is 6.92 Å². The van der Waals surface area contributed by atoms with Crippen LogP contribution in [0.1, 0.15) is 19.8 Å². The zero-order chi connectivity index (χ0) is 9.61. The van der Waals surface area contributed by atoms with E-state index in [-0.39, 0.29) is 54.2 Å². The fourth-order valence-electron chi connectivity index (χ4n) is 0.529. The van der Waals surface area contributed by atoms with E-state index in [0.717, 1.165) is 0 Å². The second-order valence-corrected chi connectivity index (χ2v) is 3.79. The molecule has 0 aliphatic heterocycles. The average molecular weight is 221 g/mol. The molecule has 0 amide bonds. The average Bonchev–Trinajstić information content (AvgIpc) is 1.96. The topological polar surface area (TPSA) is 80.7 Å². The van der Waals surface area contributed by atoms with E-state index in [1.807, 2.05) is 0 Å². The lowest BCUT2D eigenvalue weighted by atomic mass is 10.5. The molecule has 7 heteroatoms. The summed E-state index contributed by atoms with van der Waals surface area (Å²) in [6, 6.07) is 0. The minimum Gasteiger partial charge on any atom is -0.466 e. The van der Waals surface area contributed by atoms with E-state index in [1.165, 1.54) is 0 Å². The van der Waals surface area contributed by atoms with Gasteiger partial charge >= 0.3 is 5.97 Å². The van der Waals surface area contributed by atoms with Crippen LogP contribution in [0.15, 0.2) is 0 Å². The van der Waals surface area contributed by atoms with Crippen molar-refractivity contribution in [3.8, 4) is 0 Å². The van der Waals surface area contributed by atoms with Crippen LogP contribution in [0.25, 0.3) is 0 Å². The molecule has 0 aromatic rings. The van der Waals surface area contributed by atoms with Crippen molar-refractivity contribution >= 4 is 39.1 Å². The molecule has 1 N–H and O–H groups in total. The van der Waals surface area contributed by atoms with Gasteiger partial charge in [-0.15, -0.1) is 0 Å². The molecule has 0 aliphatic carbocycles. The fourth-order valence-corrected chi connectivity index (χ4v) is 1.01. The Bertz CT molecular complexity index is 235. The van der Waals surface area contributed by atoms with E-state index in [4.69, 9.17) is 4.55 Å².